The number of aromatic amines is 1. The molecule has 5 nitrogen and oxygen atoms in total. The van der Waals surface area contributed by atoms with Crippen LogP contribution in [-0.4, -0.2) is 20.2 Å². The number of anilines is 1. The van der Waals surface area contributed by atoms with Crippen LogP contribution in [0.4, 0.5) is 10.7 Å². The smallest absolute Gasteiger partial charge is 0.292 e. The highest BCUT2D eigenvalue weighted by atomic mass is 32.2. The zero-order valence-electron chi connectivity index (χ0n) is 10.0. The summed E-state index contributed by atoms with van der Waals surface area (Å²) in [6.07, 6.45) is 0. The number of carbonyl (C=O) groups excluding carboxylic acids is 1. The quantitative estimate of drug-likeness (QED) is 0.707. The lowest BCUT2D eigenvalue weighted by Gasteiger charge is -1.97. The largest absolute Gasteiger partial charge is 0.324 e. The standard InChI is InChI=1S/C12H10N4OS2/c1-7-13-10(6-18-7)19-12(17)16-11-14-8-4-2-3-5-9(8)15-11/h2-6H,1H3,(H2,14,15,16,17). The molecule has 1 aromatic carbocycles. The molecule has 3 rings (SSSR count). The fourth-order valence-corrected chi connectivity index (χ4v) is 3.01. The molecule has 0 aliphatic carbocycles. The predicted octanol–water partition coefficient (Wildman–Crippen LogP) is 3.65. The summed E-state index contributed by atoms with van der Waals surface area (Å²) in [4.78, 5) is 23.4. The fourth-order valence-electron chi connectivity index (χ4n) is 1.62. The van der Waals surface area contributed by atoms with E-state index in [0.29, 0.717) is 11.0 Å². The molecular weight excluding hydrogens is 280 g/mol. The first-order valence-electron chi connectivity index (χ1n) is 5.56. The number of thiazole rings is 1. The molecule has 0 radical (unpaired) electrons. The van der Waals surface area contributed by atoms with Crippen LogP contribution >= 0.6 is 23.1 Å². The van der Waals surface area contributed by atoms with E-state index in [0.717, 1.165) is 27.8 Å². The van der Waals surface area contributed by atoms with Gasteiger partial charge in [-0.15, -0.1) is 11.3 Å². The van der Waals surface area contributed by atoms with Gasteiger partial charge in [-0.1, -0.05) is 12.1 Å². The third-order valence-electron chi connectivity index (χ3n) is 2.41. The number of rotatable bonds is 2. The zero-order chi connectivity index (χ0) is 13.2. The van der Waals surface area contributed by atoms with Crippen molar-refractivity contribution < 1.29 is 4.79 Å². The minimum atomic E-state index is -0.204. The lowest BCUT2D eigenvalue weighted by Crippen LogP contribution is -2.05. The number of fused-ring (bicyclic) bond motifs is 1. The number of benzene rings is 1. The summed E-state index contributed by atoms with van der Waals surface area (Å²) in [5.41, 5.74) is 1.72. The van der Waals surface area contributed by atoms with Crippen LogP contribution in [0.2, 0.25) is 0 Å². The number of para-hydroxylation sites is 2. The van der Waals surface area contributed by atoms with Crippen molar-refractivity contribution in [2.45, 2.75) is 11.9 Å². The van der Waals surface area contributed by atoms with Crippen LogP contribution in [-0.2, 0) is 0 Å². The molecule has 0 aliphatic rings. The Morgan fingerprint density at radius 2 is 2.21 bits per heavy atom. The van der Waals surface area contributed by atoms with Gasteiger partial charge < -0.3 is 4.98 Å². The van der Waals surface area contributed by atoms with Gasteiger partial charge in [0, 0.05) is 5.38 Å². The molecule has 0 bridgehead atoms. The highest BCUT2D eigenvalue weighted by molar-refractivity contribution is 8.13. The van der Waals surface area contributed by atoms with Crippen molar-refractivity contribution in [2.75, 3.05) is 5.32 Å². The molecule has 19 heavy (non-hydrogen) atoms. The van der Waals surface area contributed by atoms with Crippen LogP contribution in [0.25, 0.3) is 11.0 Å². The van der Waals surface area contributed by atoms with E-state index in [-0.39, 0.29) is 5.24 Å². The molecule has 0 saturated heterocycles. The van der Waals surface area contributed by atoms with E-state index < -0.39 is 0 Å². The number of aryl methyl sites for hydroxylation is 1. The Labute approximate surface area is 117 Å². The molecule has 2 aromatic heterocycles. The Hall–Kier alpha value is -1.86. The van der Waals surface area contributed by atoms with Crippen LogP contribution in [0.15, 0.2) is 34.7 Å². The Kier molecular flexibility index (Phi) is 3.22. The number of carbonyl (C=O) groups is 1. The maximum Gasteiger partial charge on any atom is 0.292 e. The van der Waals surface area contributed by atoms with Crippen molar-refractivity contribution >= 4 is 45.3 Å². The first kappa shape index (κ1) is 12.2. The molecule has 0 saturated carbocycles. The maximum absolute atomic E-state index is 11.8. The molecule has 0 spiro atoms. The summed E-state index contributed by atoms with van der Waals surface area (Å²) in [6.45, 7) is 1.91. The van der Waals surface area contributed by atoms with E-state index in [1.54, 1.807) is 0 Å². The Morgan fingerprint density at radius 1 is 1.37 bits per heavy atom. The first-order valence-corrected chi connectivity index (χ1v) is 7.26. The van der Waals surface area contributed by atoms with Crippen molar-refractivity contribution in [2.24, 2.45) is 0 Å². The minimum absolute atomic E-state index is 0.204. The van der Waals surface area contributed by atoms with Crippen LogP contribution in [0.3, 0.4) is 0 Å². The number of nitrogens with one attached hydrogen (secondary N) is 2. The van der Waals surface area contributed by atoms with Gasteiger partial charge in [0.05, 0.1) is 16.0 Å². The molecule has 0 aliphatic heterocycles. The SMILES string of the molecule is Cc1nc(SC(=O)Nc2nc3ccccc3[nH]2)cs1. The molecule has 2 heterocycles. The first-order chi connectivity index (χ1) is 9.20. The fraction of sp³-hybridized carbons (Fsp3) is 0.0833. The van der Waals surface area contributed by atoms with Gasteiger partial charge in [0.2, 0.25) is 5.95 Å². The summed E-state index contributed by atoms with van der Waals surface area (Å²) in [5, 5.41) is 6.01. The number of hydrogen-bond acceptors (Lipinski definition) is 5. The van der Waals surface area contributed by atoms with E-state index >= 15 is 0 Å². The number of amides is 1. The predicted molar refractivity (Wildman–Crippen MR) is 77.8 cm³/mol. The summed E-state index contributed by atoms with van der Waals surface area (Å²) in [6, 6.07) is 7.62. The van der Waals surface area contributed by atoms with Gasteiger partial charge in [0.25, 0.3) is 5.24 Å². The normalized spacial score (nSPS) is 10.8. The molecule has 3 aromatic rings. The van der Waals surface area contributed by atoms with Crippen molar-refractivity contribution in [1.29, 1.82) is 0 Å². The molecule has 0 atom stereocenters. The van der Waals surface area contributed by atoms with E-state index in [2.05, 4.69) is 20.3 Å². The van der Waals surface area contributed by atoms with Crippen LogP contribution in [0, 0.1) is 6.92 Å². The van der Waals surface area contributed by atoms with Crippen molar-refractivity contribution in [3.63, 3.8) is 0 Å². The molecule has 0 fully saturated rings. The number of aromatic nitrogens is 3. The molecule has 96 valence electrons. The van der Waals surface area contributed by atoms with Crippen molar-refractivity contribution in [3.8, 4) is 0 Å². The highest BCUT2D eigenvalue weighted by Gasteiger charge is 2.10. The second-order valence-corrected chi connectivity index (χ2v) is 5.88. The second kappa shape index (κ2) is 5.02. The van der Waals surface area contributed by atoms with E-state index in [4.69, 9.17) is 0 Å². The lowest BCUT2D eigenvalue weighted by molar-refractivity contribution is 0.269. The van der Waals surface area contributed by atoms with Crippen molar-refractivity contribution in [3.05, 3.63) is 34.7 Å². The van der Waals surface area contributed by atoms with Gasteiger partial charge in [-0.05, 0) is 30.8 Å². The third-order valence-corrected chi connectivity index (χ3v) is 4.03. The van der Waals surface area contributed by atoms with Crippen LogP contribution < -0.4 is 5.32 Å². The Morgan fingerprint density at radius 3 is 2.95 bits per heavy atom. The third kappa shape index (κ3) is 2.77. The second-order valence-electron chi connectivity index (χ2n) is 3.82. The number of nitrogens with zero attached hydrogens (tertiary/aromatic N) is 2. The number of thioether (sulfide) groups is 1. The van der Waals surface area contributed by atoms with Crippen molar-refractivity contribution in [1.82, 2.24) is 15.0 Å². The average Bonchev–Trinajstić information content (AvgIpc) is 2.94. The van der Waals surface area contributed by atoms with E-state index in [1.807, 2.05) is 36.6 Å². The van der Waals surface area contributed by atoms with E-state index in [1.165, 1.54) is 11.3 Å². The zero-order valence-corrected chi connectivity index (χ0v) is 11.6. The lowest BCUT2D eigenvalue weighted by atomic mass is 10.3. The summed E-state index contributed by atoms with van der Waals surface area (Å²) >= 11 is 2.58. The topological polar surface area (TPSA) is 70.7 Å². The Balaban J connectivity index is 1.72. The summed E-state index contributed by atoms with van der Waals surface area (Å²) in [7, 11) is 0. The van der Waals surface area contributed by atoms with Gasteiger partial charge in [0.1, 0.15) is 5.03 Å². The molecular formula is C12H10N4OS2. The van der Waals surface area contributed by atoms with Gasteiger partial charge in [0.15, 0.2) is 0 Å². The summed E-state index contributed by atoms with van der Waals surface area (Å²) in [5.74, 6) is 0.450. The average molecular weight is 290 g/mol. The molecule has 1 amide bonds. The van der Waals surface area contributed by atoms with Gasteiger partial charge in [-0.25, -0.2) is 9.97 Å². The van der Waals surface area contributed by atoms with Gasteiger partial charge in [-0.3, -0.25) is 10.1 Å². The van der Waals surface area contributed by atoms with Crippen LogP contribution in [0.5, 0.6) is 0 Å². The number of H-pyrrole nitrogens is 1. The monoisotopic (exact) mass is 290 g/mol. The maximum atomic E-state index is 11.8. The number of imidazole rings is 1. The highest BCUT2D eigenvalue weighted by Crippen LogP contribution is 2.22. The van der Waals surface area contributed by atoms with E-state index in [9.17, 15) is 4.79 Å². The molecule has 0 unspecified atom stereocenters. The number of hydrogen-bond donors (Lipinski definition) is 2. The van der Waals surface area contributed by atoms with Gasteiger partial charge in [-0.2, -0.15) is 0 Å². The summed E-state index contributed by atoms with van der Waals surface area (Å²) < 4.78 is 0. The van der Waals surface area contributed by atoms with Crippen LogP contribution in [0.1, 0.15) is 5.01 Å². The Bertz CT molecular complexity index is 701. The molecule has 2 N–H and O–H groups in total. The molecule has 7 heteroatoms. The van der Waals surface area contributed by atoms with Gasteiger partial charge >= 0.3 is 0 Å². The minimum Gasteiger partial charge on any atom is -0.324 e.